The van der Waals surface area contributed by atoms with Gasteiger partial charge >= 0.3 is 167 Å². The van der Waals surface area contributed by atoms with Crippen LogP contribution in [0.2, 0.25) is 0 Å². The Labute approximate surface area is 167 Å². The normalized spacial score (nSPS) is 13.2. The Morgan fingerprint density at radius 3 is 1.54 bits per heavy atom. The maximum atomic E-state index is 11.5. The van der Waals surface area contributed by atoms with Gasteiger partial charge < -0.3 is 0 Å². The topological polar surface area (TPSA) is 60.7 Å². The summed E-state index contributed by atoms with van der Waals surface area (Å²) in [5, 5.41) is 0.407. The summed E-state index contributed by atoms with van der Waals surface area (Å²) in [6.45, 7) is 11.6. The van der Waals surface area contributed by atoms with Gasteiger partial charge in [0.2, 0.25) is 0 Å². The van der Waals surface area contributed by atoms with Crippen LogP contribution in [0.25, 0.3) is 11.1 Å². The van der Waals surface area contributed by atoms with E-state index in [4.69, 9.17) is 0 Å². The number of hydrogen-bond acceptors (Lipinski definition) is 3. The summed E-state index contributed by atoms with van der Waals surface area (Å²) in [6.07, 6.45) is 0. The second kappa shape index (κ2) is 6.79. The third-order valence-electron chi connectivity index (χ3n) is 5.34. The molecule has 0 heterocycles. The predicted octanol–water partition coefficient (Wildman–Crippen LogP) is 4.43. The van der Waals surface area contributed by atoms with E-state index in [9.17, 15) is 14.7 Å². The first-order chi connectivity index (χ1) is 12.9. The molecule has 0 aliphatic heterocycles. The van der Waals surface area contributed by atoms with Crippen LogP contribution >= 0.6 is 7.28 Å². The Balaban J connectivity index is 2.38. The quantitative estimate of drug-likeness (QED) is 0.574. The molecular weight excluding hydrogens is 367 g/mol. The Morgan fingerprint density at radius 1 is 0.607 bits per heavy atom. The molecule has 0 amide bonds. The zero-order chi connectivity index (χ0) is 20.9. The summed E-state index contributed by atoms with van der Waals surface area (Å²) >= 11 is 0. The molecular formula is C24H29O3P. The molecule has 0 saturated heterocycles. The zero-order valence-corrected chi connectivity index (χ0v) is 18.3. The van der Waals surface area contributed by atoms with Gasteiger partial charge in [0.05, 0.1) is 0 Å². The van der Waals surface area contributed by atoms with Gasteiger partial charge in [0, 0.05) is 0 Å². The van der Waals surface area contributed by atoms with Crippen molar-refractivity contribution in [3.8, 4) is 11.1 Å². The molecule has 3 aromatic rings. The van der Waals surface area contributed by atoms with Gasteiger partial charge in [-0.25, -0.2) is 0 Å². The minimum atomic E-state index is -5.35. The molecule has 0 spiro atoms. The number of benzene rings is 3. The van der Waals surface area contributed by atoms with Crippen LogP contribution in [0.3, 0.4) is 0 Å². The van der Waals surface area contributed by atoms with Crippen molar-refractivity contribution in [2.45, 2.75) is 41.5 Å². The summed E-state index contributed by atoms with van der Waals surface area (Å²) in [4.78, 5) is 34.5. The molecule has 4 heteroatoms. The van der Waals surface area contributed by atoms with E-state index in [0.29, 0.717) is 16.7 Å². The first-order valence-corrected chi connectivity index (χ1v) is 11.5. The van der Waals surface area contributed by atoms with E-state index in [1.54, 1.807) is 12.1 Å². The second-order valence-corrected chi connectivity index (χ2v) is 10.9. The molecule has 3 rings (SSSR count). The van der Waals surface area contributed by atoms with Gasteiger partial charge in [-0.3, -0.25) is 0 Å². The van der Waals surface area contributed by atoms with Crippen molar-refractivity contribution in [1.29, 1.82) is 0 Å². The summed E-state index contributed by atoms with van der Waals surface area (Å²) in [5.41, 5.74) is 7.17. The van der Waals surface area contributed by atoms with Gasteiger partial charge in [0.25, 0.3) is 0 Å². The molecule has 0 aliphatic rings. The van der Waals surface area contributed by atoms with Crippen molar-refractivity contribution in [1.82, 2.24) is 0 Å². The Bertz CT molecular complexity index is 1030. The minimum absolute atomic E-state index is 0.179. The van der Waals surface area contributed by atoms with Crippen LogP contribution in [0, 0.1) is 41.5 Å². The monoisotopic (exact) mass is 396 g/mol. The van der Waals surface area contributed by atoms with E-state index in [0.717, 1.165) is 27.8 Å². The van der Waals surface area contributed by atoms with Gasteiger partial charge in [-0.1, -0.05) is 0 Å². The molecule has 28 heavy (non-hydrogen) atoms. The van der Waals surface area contributed by atoms with Crippen LogP contribution in [0.15, 0.2) is 48.5 Å². The summed E-state index contributed by atoms with van der Waals surface area (Å²) < 4.78 is 0. The van der Waals surface area contributed by atoms with Crippen LogP contribution in [0.5, 0.6) is 0 Å². The SMILES string of the molecule is Cc1cc(C)c(-c2ccccc2P(O)(O)(O)c2c(C)cc(C)cc2C)c(C)c1. The molecule has 0 radical (unpaired) electrons. The van der Waals surface area contributed by atoms with E-state index in [1.165, 1.54) is 0 Å². The molecule has 3 nitrogen and oxygen atoms in total. The fourth-order valence-electron chi connectivity index (χ4n) is 4.59. The molecule has 3 aromatic carbocycles. The van der Waals surface area contributed by atoms with Crippen molar-refractivity contribution >= 4 is 17.9 Å². The summed E-state index contributed by atoms with van der Waals surface area (Å²) in [7, 11) is -5.35. The summed E-state index contributed by atoms with van der Waals surface area (Å²) in [6, 6.07) is 15.0. The van der Waals surface area contributed by atoms with Crippen LogP contribution in [-0.4, -0.2) is 14.7 Å². The first kappa shape index (κ1) is 20.7. The van der Waals surface area contributed by atoms with E-state index in [-0.39, 0.29) is 10.6 Å². The third-order valence-corrected chi connectivity index (χ3v) is 8.15. The fraction of sp³-hybridized carbons (Fsp3) is 0.250. The second-order valence-electron chi connectivity index (χ2n) is 8.02. The van der Waals surface area contributed by atoms with Gasteiger partial charge in [0.1, 0.15) is 0 Å². The number of rotatable bonds is 3. The van der Waals surface area contributed by atoms with Crippen LogP contribution in [-0.2, 0) is 0 Å². The molecule has 0 atom stereocenters. The zero-order valence-electron chi connectivity index (χ0n) is 17.4. The molecule has 3 N–H and O–H groups in total. The van der Waals surface area contributed by atoms with E-state index < -0.39 is 7.28 Å². The third kappa shape index (κ3) is 3.40. The standard InChI is InChI=1S/C24H29O3P/c1-15-11-17(3)23(18(4)12-15)21-9-7-8-10-22(21)28(25,26,27)24-19(5)13-16(2)14-20(24)6/h7-14,25-27H,1-6H3. The molecule has 148 valence electrons. The van der Waals surface area contributed by atoms with Crippen molar-refractivity contribution in [2.75, 3.05) is 0 Å². The predicted molar refractivity (Wildman–Crippen MR) is 120 cm³/mol. The van der Waals surface area contributed by atoms with Crippen molar-refractivity contribution in [3.63, 3.8) is 0 Å². The average Bonchev–Trinajstić information content (AvgIpc) is 2.52. The van der Waals surface area contributed by atoms with Gasteiger partial charge in [-0.2, -0.15) is 0 Å². The maximum absolute atomic E-state index is 11.5. The van der Waals surface area contributed by atoms with Crippen LogP contribution in [0.4, 0.5) is 0 Å². The molecule has 0 fully saturated rings. The van der Waals surface area contributed by atoms with Crippen molar-refractivity contribution in [3.05, 3.63) is 81.9 Å². The van der Waals surface area contributed by atoms with Crippen LogP contribution in [0.1, 0.15) is 33.4 Å². The van der Waals surface area contributed by atoms with E-state index >= 15 is 0 Å². The molecule has 0 saturated carbocycles. The van der Waals surface area contributed by atoms with Gasteiger partial charge in [-0.15, -0.1) is 0 Å². The number of aryl methyl sites for hydroxylation is 6. The average molecular weight is 396 g/mol. The van der Waals surface area contributed by atoms with Crippen molar-refractivity contribution < 1.29 is 14.7 Å². The van der Waals surface area contributed by atoms with Gasteiger partial charge in [-0.05, 0) is 0 Å². The van der Waals surface area contributed by atoms with Crippen LogP contribution < -0.4 is 10.6 Å². The Kier molecular flexibility index (Phi) is 5.02. The molecule has 0 aromatic heterocycles. The summed E-state index contributed by atoms with van der Waals surface area (Å²) in [5.74, 6) is 0. The Morgan fingerprint density at radius 2 is 1.04 bits per heavy atom. The Hall–Kier alpha value is -2.03. The van der Waals surface area contributed by atoms with E-state index in [1.807, 2.05) is 65.8 Å². The molecule has 0 aliphatic carbocycles. The fourth-order valence-corrected chi connectivity index (χ4v) is 7.25. The number of hydrogen-bond donors (Lipinski definition) is 3. The van der Waals surface area contributed by atoms with Gasteiger partial charge in [0.15, 0.2) is 0 Å². The van der Waals surface area contributed by atoms with E-state index in [2.05, 4.69) is 12.1 Å². The molecule has 0 unspecified atom stereocenters. The van der Waals surface area contributed by atoms with Crippen molar-refractivity contribution in [2.24, 2.45) is 0 Å². The molecule has 0 bridgehead atoms. The first-order valence-electron chi connectivity index (χ1n) is 9.43.